The normalized spacial score (nSPS) is 11.5. The minimum absolute atomic E-state index is 0.253. The van der Waals surface area contributed by atoms with Crippen molar-refractivity contribution in [1.29, 1.82) is 0 Å². The average molecular weight is 354 g/mol. The topological polar surface area (TPSA) is 63.8 Å². The zero-order valence-electron chi connectivity index (χ0n) is 14.0. The summed E-state index contributed by atoms with van der Waals surface area (Å²) in [5.74, 6) is -0.121. The third-order valence-corrected chi connectivity index (χ3v) is 4.70. The number of hydrogen-bond acceptors (Lipinski definition) is 4. The van der Waals surface area contributed by atoms with Gasteiger partial charge in [0.25, 0.3) is 0 Å². The molecule has 25 heavy (non-hydrogen) atoms. The fourth-order valence-corrected chi connectivity index (χ4v) is 3.57. The highest BCUT2D eigenvalue weighted by Gasteiger charge is 2.11. The van der Waals surface area contributed by atoms with Crippen LogP contribution in [-0.2, 0) is 6.54 Å². The van der Waals surface area contributed by atoms with Crippen molar-refractivity contribution in [1.82, 2.24) is 4.57 Å². The largest absolute Gasteiger partial charge is 0.496 e. The molecular formula is C19H18N2O3S. The lowest BCUT2D eigenvalue weighted by atomic mass is 10.1. The number of methoxy groups -OCH3 is 1. The van der Waals surface area contributed by atoms with E-state index >= 15 is 0 Å². The molecule has 1 heterocycles. The zero-order chi connectivity index (χ0) is 17.8. The van der Waals surface area contributed by atoms with Crippen molar-refractivity contribution >= 4 is 23.0 Å². The molecule has 3 aromatic rings. The first kappa shape index (κ1) is 17.0. The summed E-state index contributed by atoms with van der Waals surface area (Å²) in [5.41, 5.74) is 3.04. The van der Waals surface area contributed by atoms with Crippen LogP contribution in [0.1, 0.15) is 17.3 Å². The third-order valence-electron chi connectivity index (χ3n) is 3.84. The molecule has 0 spiro atoms. The second kappa shape index (κ2) is 7.36. The standard InChI is InChI=1S/C19H18N2O3S/c1-3-21-16(15-6-4-5-7-17(15)24-2)12-25-19(21)20-14-10-8-13(9-11-14)18(22)23/h4-12H,3H2,1-2H3,(H,22,23). The highest BCUT2D eigenvalue weighted by atomic mass is 32.1. The van der Waals surface area contributed by atoms with Gasteiger partial charge >= 0.3 is 5.97 Å². The summed E-state index contributed by atoms with van der Waals surface area (Å²) in [5, 5.41) is 11.0. The number of hydrogen-bond donors (Lipinski definition) is 1. The summed E-state index contributed by atoms with van der Waals surface area (Å²) in [6, 6.07) is 14.4. The summed E-state index contributed by atoms with van der Waals surface area (Å²) in [7, 11) is 1.66. The van der Waals surface area contributed by atoms with Crippen molar-refractivity contribution in [3.8, 4) is 17.0 Å². The van der Waals surface area contributed by atoms with Crippen molar-refractivity contribution in [3.63, 3.8) is 0 Å². The molecular weight excluding hydrogens is 336 g/mol. The molecule has 3 rings (SSSR count). The number of benzene rings is 2. The third kappa shape index (κ3) is 3.49. The van der Waals surface area contributed by atoms with Gasteiger partial charge in [0, 0.05) is 17.5 Å². The highest BCUT2D eigenvalue weighted by Crippen LogP contribution is 2.30. The number of thiazole rings is 1. The van der Waals surface area contributed by atoms with Gasteiger partial charge in [-0.05, 0) is 43.3 Å². The summed E-state index contributed by atoms with van der Waals surface area (Å²) >= 11 is 1.54. The Morgan fingerprint density at radius 3 is 2.56 bits per heavy atom. The number of nitrogens with zero attached hydrogens (tertiary/aromatic N) is 2. The Labute approximate surface area is 149 Å². The van der Waals surface area contributed by atoms with E-state index in [0.29, 0.717) is 0 Å². The van der Waals surface area contributed by atoms with Gasteiger partial charge < -0.3 is 14.4 Å². The number of carboxylic acids is 1. The Hall–Kier alpha value is -2.86. The van der Waals surface area contributed by atoms with Crippen LogP contribution in [-0.4, -0.2) is 22.8 Å². The van der Waals surface area contributed by atoms with Gasteiger partial charge in [-0.25, -0.2) is 9.79 Å². The van der Waals surface area contributed by atoms with E-state index in [1.807, 2.05) is 24.3 Å². The van der Waals surface area contributed by atoms with Crippen molar-refractivity contribution in [2.24, 2.45) is 4.99 Å². The van der Waals surface area contributed by atoms with E-state index < -0.39 is 5.97 Å². The maximum atomic E-state index is 10.9. The Bertz CT molecular complexity index is 955. The molecule has 6 heteroatoms. The molecule has 128 valence electrons. The second-order valence-electron chi connectivity index (χ2n) is 5.31. The number of aromatic carboxylic acids is 1. The van der Waals surface area contributed by atoms with Crippen LogP contribution in [0.15, 0.2) is 58.9 Å². The summed E-state index contributed by atoms with van der Waals surface area (Å²) in [4.78, 5) is 16.5. The monoisotopic (exact) mass is 354 g/mol. The first-order valence-electron chi connectivity index (χ1n) is 7.84. The molecule has 0 aliphatic carbocycles. The molecule has 2 aromatic carbocycles. The van der Waals surface area contributed by atoms with E-state index in [1.54, 1.807) is 42.7 Å². The Morgan fingerprint density at radius 2 is 1.92 bits per heavy atom. The molecule has 0 unspecified atom stereocenters. The lowest BCUT2D eigenvalue weighted by Crippen LogP contribution is -2.14. The summed E-state index contributed by atoms with van der Waals surface area (Å²) in [6.45, 7) is 2.83. The zero-order valence-corrected chi connectivity index (χ0v) is 14.8. The molecule has 0 bridgehead atoms. The molecule has 0 radical (unpaired) electrons. The predicted octanol–water partition coefficient (Wildman–Crippen LogP) is 4.18. The van der Waals surface area contributed by atoms with Crippen LogP contribution in [0.2, 0.25) is 0 Å². The number of carbonyl (C=O) groups is 1. The molecule has 1 aromatic heterocycles. The van der Waals surface area contributed by atoms with Gasteiger partial charge in [-0.2, -0.15) is 0 Å². The second-order valence-corrected chi connectivity index (χ2v) is 6.15. The van der Waals surface area contributed by atoms with Crippen LogP contribution in [0.3, 0.4) is 0 Å². The predicted molar refractivity (Wildman–Crippen MR) is 98.6 cm³/mol. The molecule has 0 aliphatic rings. The first-order chi connectivity index (χ1) is 12.1. The number of ether oxygens (including phenoxy) is 1. The van der Waals surface area contributed by atoms with Gasteiger partial charge in [-0.15, -0.1) is 11.3 Å². The maximum Gasteiger partial charge on any atom is 0.335 e. The van der Waals surface area contributed by atoms with Gasteiger partial charge in [0.05, 0.1) is 24.1 Å². The molecule has 0 aliphatic heterocycles. The molecule has 5 nitrogen and oxygen atoms in total. The molecule has 0 amide bonds. The highest BCUT2D eigenvalue weighted by molar-refractivity contribution is 7.07. The molecule has 0 saturated carbocycles. The number of para-hydroxylation sites is 1. The SMILES string of the molecule is CCn1c(-c2ccccc2OC)csc1=Nc1ccc(C(=O)O)cc1. The Morgan fingerprint density at radius 1 is 1.20 bits per heavy atom. The van der Waals surface area contributed by atoms with Gasteiger partial charge in [-0.3, -0.25) is 0 Å². The maximum absolute atomic E-state index is 10.9. The smallest absolute Gasteiger partial charge is 0.335 e. The minimum Gasteiger partial charge on any atom is -0.496 e. The molecule has 0 fully saturated rings. The van der Waals surface area contributed by atoms with E-state index in [1.165, 1.54) is 0 Å². The van der Waals surface area contributed by atoms with Crippen LogP contribution in [0, 0.1) is 0 Å². The van der Waals surface area contributed by atoms with E-state index in [2.05, 4.69) is 21.9 Å². The van der Waals surface area contributed by atoms with Crippen molar-refractivity contribution in [2.45, 2.75) is 13.5 Å². The molecule has 1 N–H and O–H groups in total. The first-order valence-corrected chi connectivity index (χ1v) is 8.71. The fourth-order valence-electron chi connectivity index (χ4n) is 2.59. The number of rotatable bonds is 5. The lowest BCUT2D eigenvalue weighted by molar-refractivity contribution is 0.0697. The van der Waals surface area contributed by atoms with E-state index in [-0.39, 0.29) is 5.56 Å². The van der Waals surface area contributed by atoms with Crippen LogP contribution < -0.4 is 9.54 Å². The van der Waals surface area contributed by atoms with Gasteiger partial charge in [0.15, 0.2) is 4.80 Å². The Kier molecular flexibility index (Phi) is 5.00. The van der Waals surface area contributed by atoms with Gasteiger partial charge in [0.1, 0.15) is 5.75 Å². The van der Waals surface area contributed by atoms with E-state index in [9.17, 15) is 4.79 Å². The Balaban J connectivity index is 2.07. The summed E-state index contributed by atoms with van der Waals surface area (Å²) in [6.07, 6.45) is 0. The molecule has 0 atom stereocenters. The van der Waals surface area contributed by atoms with Crippen molar-refractivity contribution in [3.05, 3.63) is 64.3 Å². The minimum atomic E-state index is -0.940. The van der Waals surface area contributed by atoms with Gasteiger partial charge in [-0.1, -0.05) is 12.1 Å². The van der Waals surface area contributed by atoms with Crippen molar-refractivity contribution in [2.75, 3.05) is 7.11 Å². The fraction of sp³-hybridized carbons (Fsp3) is 0.158. The van der Waals surface area contributed by atoms with Gasteiger partial charge in [0.2, 0.25) is 0 Å². The van der Waals surface area contributed by atoms with Crippen LogP contribution in [0.25, 0.3) is 11.3 Å². The van der Waals surface area contributed by atoms with Crippen LogP contribution in [0.4, 0.5) is 5.69 Å². The number of carboxylic acid groups (broad SMARTS) is 1. The molecule has 0 saturated heterocycles. The summed E-state index contributed by atoms with van der Waals surface area (Å²) < 4.78 is 7.59. The van der Waals surface area contributed by atoms with E-state index in [4.69, 9.17) is 9.84 Å². The lowest BCUT2D eigenvalue weighted by Gasteiger charge is -2.10. The number of aromatic nitrogens is 1. The van der Waals surface area contributed by atoms with Crippen molar-refractivity contribution < 1.29 is 14.6 Å². The van der Waals surface area contributed by atoms with Crippen LogP contribution >= 0.6 is 11.3 Å². The quantitative estimate of drug-likeness (QED) is 0.748. The average Bonchev–Trinajstić information content (AvgIpc) is 3.04. The van der Waals surface area contributed by atoms with Crippen LogP contribution in [0.5, 0.6) is 5.75 Å². The van der Waals surface area contributed by atoms with E-state index in [0.717, 1.165) is 34.0 Å².